The van der Waals surface area contributed by atoms with Gasteiger partial charge in [0, 0.05) is 42.8 Å². The molecule has 3 rings (SSSR count). The van der Waals surface area contributed by atoms with E-state index in [0.29, 0.717) is 13.0 Å². The molecule has 148 valence electrons. The second kappa shape index (κ2) is 7.97. The highest BCUT2D eigenvalue weighted by molar-refractivity contribution is 7.89. The fourth-order valence-corrected chi connectivity index (χ4v) is 5.49. The number of sulfonamides is 1. The van der Waals surface area contributed by atoms with Crippen LogP contribution in [0, 0.1) is 0 Å². The zero-order valence-corrected chi connectivity index (χ0v) is 16.6. The Kier molecular flexibility index (Phi) is 5.85. The number of aromatic nitrogens is 1. The van der Waals surface area contributed by atoms with Crippen LogP contribution in [0.2, 0.25) is 0 Å². The van der Waals surface area contributed by atoms with Crippen LogP contribution in [0.15, 0.2) is 30.5 Å². The Morgan fingerprint density at radius 2 is 1.85 bits per heavy atom. The summed E-state index contributed by atoms with van der Waals surface area (Å²) < 4.78 is 26.7. The Morgan fingerprint density at radius 3 is 2.56 bits per heavy atom. The molecule has 0 spiro atoms. The standard InChI is InChI=1S/C18H27N5O3S/c1-12-18(13(2)22-21-12)27(25,26)23(3)11-17(24)19-9-8-14-10-20-16-7-5-4-6-15(14)16/h4-7,10,12-13,18,20-22H,8-9,11H2,1-3H3,(H,19,24). The van der Waals surface area contributed by atoms with E-state index >= 15 is 0 Å². The molecule has 0 radical (unpaired) electrons. The molecule has 0 saturated carbocycles. The number of nitrogens with zero attached hydrogens (tertiary/aromatic N) is 1. The number of benzene rings is 1. The van der Waals surface area contributed by atoms with E-state index in [1.54, 1.807) is 0 Å². The van der Waals surface area contributed by atoms with Crippen LogP contribution in [-0.2, 0) is 21.2 Å². The highest BCUT2D eigenvalue weighted by Crippen LogP contribution is 2.19. The average Bonchev–Trinajstić information content (AvgIpc) is 3.18. The van der Waals surface area contributed by atoms with Gasteiger partial charge >= 0.3 is 0 Å². The average molecular weight is 394 g/mol. The van der Waals surface area contributed by atoms with Gasteiger partial charge in [-0.15, -0.1) is 0 Å². The van der Waals surface area contributed by atoms with Gasteiger partial charge in [-0.2, -0.15) is 4.31 Å². The molecule has 1 aliphatic rings. The molecule has 1 aliphatic heterocycles. The number of carbonyl (C=O) groups is 1. The number of amides is 1. The van der Waals surface area contributed by atoms with Crippen molar-refractivity contribution in [2.75, 3.05) is 20.1 Å². The Labute approximate surface area is 159 Å². The number of rotatable bonds is 7. The van der Waals surface area contributed by atoms with Crippen LogP contribution in [0.4, 0.5) is 0 Å². The number of hydrogen-bond acceptors (Lipinski definition) is 5. The van der Waals surface area contributed by atoms with E-state index in [9.17, 15) is 13.2 Å². The van der Waals surface area contributed by atoms with Gasteiger partial charge in [0.05, 0.1) is 6.54 Å². The second-order valence-corrected chi connectivity index (χ2v) is 9.29. The lowest BCUT2D eigenvalue weighted by Crippen LogP contribution is -2.48. The molecule has 2 aromatic rings. The first kappa shape index (κ1) is 19.8. The quantitative estimate of drug-likeness (QED) is 0.543. The van der Waals surface area contributed by atoms with E-state index in [0.717, 1.165) is 20.8 Å². The lowest BCUT2D eigenvalue weighted by Gasteiger charge is -2.25. The maximum atomic E-state index is 12.8. The van der Waals surface area contributed by atoms with Crippen LogP contribution < -0.4 is 16.2 Å². The van der Waals surface area contributed by atoms with E-state index in [1.807, 2.05) is 44.3 Å². The van der Waals surface area contributed by atoms with Gasteiger partial charge < -0.3 is 10.3 Å². The third-order valence-corrected chi connectivity index (χ3v) is 7.56. The number of fused-ring (bicyclic) bond motifs is 1. The van der Waals surface area contributed by atoms with E-state index in [4.69, 9.17) is 0 Å². The molecule has 27 heavy (non-hydrogen) atoms. The summed E-state index contributed by atoms with van der Waals surface area (Å²) in [5, 5.41) is 3.34. The molecule has 2 atom stereocenters. The molecule has 1 aromatic heterocycles. The number of H-pyrrole nitrogens is 1. The maximum absolute atomic E-state index is 12.8. The zero-order valence-electron chi connectivity index (χ0n) is 15.8. The predicted molar refractivity (Wildman–Crippen MR) is 106 cm³/mol. The highest BCUT2D eigenvalue weighted by Gasteiger charge is 2.42. The van der Waals surface area contributed by atoms with Crippen LogP contribution >= 0.6 is 0 Å². The van der Waals surface area contributed by atoms with Crippen molar-refractivity contribution in [2.24, 2.45) is 0 Å². The van der Waals surface area contributed by atoms with Gasteiger partial charge in [0.1, 0.15) is 5.25 Å². The normalized spacial score (nSPS) is 23.2. The van der Waals surface area contributed by atoms with Crippen molar-refractivity contribution in [1.82, 2.24) is 25.5 Å². The summed E-state index contributed by atoms with van der Waals surface area (Å²) in [7, 11) is -2.14. The van der Waals surface area contributed by atoms with Gasteiger partial charge in [-0.25, -0.2) is 8.42 Å². The number of carbonyl (C=O) groups excluding carboxylic acids is 1. The first-order chi connectivity index (χ1) is 12.8. The van der Waals surface area contributed by atoms with Crippen LogP contribution in [0.25, 0.3) is 10.9 Å². The number of hydrazine groups is 1. The molecule has 1 saturated heterocycles. The lowest BCUT2D eigenvalue weighted by atomic mass is 10.1. The van der Waals surface area contributed by atoms with Crippen molar-refractivity contribution in [3.8, 4) is 0 Å². The topological polar surface area (TPSA) is 106 Å². The largest absolute Gasteiger partial charge is 0.361 e. The van der Waals surface area contributed by atoms with Gasteiger partial charge in [0.15, 0.2) is 0 Å². The maximum Gasteiger partial charge on any atom is 0.235 e. The number of aromatic amines is 1. The predicted octanol–water partition coefficient (Wildman–Crippen LogP) is 0.342. The van der Waals surface area contributed by atoms with Crippen molar-refractivity contribution < 1.29 is 13.2 Å². The highest BCUT2D eigenvalue weighted by atomic mass is 32.2. The minimum atomic E-state index is -3.59. The fourth-order valence-electron chi connectivity index (χ4n) is 3.61. The van der Waals surface area contributed by atoms with Crippen LogP contribution in [-0.4, -0.2) is 61.1 Å². The monoisotopic (exact) mass is 393 g/mol. The molecule has 0 aliphatic carbocycles. The molecule has 4 N–H and O–H groups in total. The van der Waals surface area contributed by atoms with Crippen molar-refractivity contribution in [2.45, 2.75) is 37.6 Å². The molecule has 9 heteroatoms. The minimum absolute atomic E-state index is 0.188. The number of nitrogens with one attached hydrogen (secondary N) is 4. The molecule has 2 unspecified atom stereocenters. The van der Waals surface area contributed by atoms with Gasteiger partial charge in [-0.3, -0.25) is 15.6 Å². The Hall–Kier alpha value is -1.94. The molecule has 1 amide bonds. The minimum Gasteiger partial charge on any atom is -0.361 e. The Morgan fingerprint density at radius 1 is 1.19 bits per heavy atom. The molecule has 2 heterocycles. The smallest absolute Gasteiger partial charge is 0.235 e. The lowest BCUT2D eigenvalue weighted by molar-refractivity contribution is -0.121. The van der Waals surface area contributed by atoms with Crippen LogP contribution in [0.5, 0.6) is 0 Å². The Bertz CT molecular complexity index is 901. The first-order valence-corrected chi connectivity index (χ1v) is 10.6. The third kappa shape index (κ3) is 4.16. The number of likely N-dealkylation sites (N-methyl/N-ethyl adjacent to an activating group) is 1. The second-order valence-electron chi connectivity index (χ2n) is 7.09. The van der Waals surface area contributed by atoms with Crippen LogP contribution in [0.1, 0.15) is 19.4 Å². The summed E-state index contributed by atoms with van der Waals surface area (Å²) in [5.41, 5.74) is 8.06. The Balaban J connectivity index is 1.53. The van der Waals surface area contributed by atoms with E-state index in [2.05, 4.69) is 21.2 Å². The molecule has 1 aromatic carbocycles. The van der Waals surface area contributed by atoms with Crippen molar-refractivity contribution in [1.29, 1.82) is 0 Å². The van der Waals surface area contributed by atoms with Gasteiger partial charge in [-0.1, -0.05) is 18.2 Å². The molecule has 8 nitrogen and oxygen atoms in total. The third-order valence-electron chi connectivity index (χ3n) is 5.06. The summed E-state index contributed by atoms with van der Waals surface area (Å²) in [4.78, 5) is 15.4. The van der Waals surface area contributed by atoms with Crippen molar-refractivity contribution >= 4 is 26.8 Å². The van der Waals surface area contributed by atoms with E-state index in [1.165, 1.54) is 7.05 Å². The molecular weight excluding hydrogens is 366 g/mol. The molecule has 0 bridgehead atoms. The summed E-state index contributed by atoms with van der Waals surface area (Å²) in [6, 6.07) is 7.54. The summed E-state index contributed by atoms with van der Waals surface area (Å²) in [6.45, 7) is 3.89. The van der Waals surface area contributed by atoms with E-state index < -0.39 is 15.3 Å². The SMILES string of the molecule is CC1NNC(C)C1S(=O)(=O)N(C)CC(=O)NCCc1c[nH]c2ccccc12. The summed E-state index contributed by atoms with van der Waals surface area (Å²) in [5.74, 6) is -0.305. The summed E-state index contributed by atoms with van der Waals surface area (Å²) in [6.07, 6.45) is 2.62. The van der Waals surface area contributed by atoms with Gasteiger partial charge in [0.2, 0.25) is 15.9 Å². The number of hydrogen-bond donors (Lipinski definition) is 4. The number of para-hydroxylation sites is 1. The first-order valence-electron chi connectivity index (χ1n) is 9.08. The fraction of sp³-hybridized carbons (Fsp3) is 0.500. The van der Waals surface area contributed by atoms with Gasteiger partial charge in [0.25, 0.3) is 0 Å². The van der Waals surface area contributed by atoms with Crippen molar-refractivity contribution in [3.63, 3.8) is 0 Å². The van der Waals surface area contributed by atoms with E-state index in [-0.39, 0.29) is 24.5 Å². The summed E-state index contributed by atoms with van der Waals surface area (Å²) >= 11 is 0. The van der Waals surface area contributed by atoms with Crippen molar-refractivity contribution in [3.05, 3.63) is 36.0 Å². The van der Waals surface area contributed by atoms with Gasteiger partial charge in [-0.05, 0) is 31.9 Å². The molecule has 1 fully saturated rings. The van der Waals surface area contributed by atoms with Crippen LogP contribution in [0.3, 0.4) is 0 Å². The molecular formula is C18H27N5O3S. The zero-order chi connectivity index (χ0) is 19.6.